The van der Waals surface area contributed by atoms with Crippen molar-refractivity contribution >= 4 is 90.3 Å². The number of rotatable bonds is 4. The number of nitrogens with zero attached hydrogens (tertiary/aromatic N) is 2. The zero-order chi connectivity index (χ0) is 43.7. The molecule has 0 saturated heterocycles. The van der Waals surface area contributed by atoms with E-state index >= 15 is 0 Å². The molecule has 63 heavy (non-hydrogen) atoms. The first-order valence-electron chi connectivity index (χ1n) is 22.3. The van der Waals surface area contributed by atoms with Crippen molar-refractivity contribution in [3.05, 3.63) is 162 Å². The van der Waals surface area contributed by atoms with E-state index in [4.69, 9.17) is 13.6 Å². The SMILES string of the molecule is Cc1cc2c3c(c1)N(c1cc(N(c4ccc(C(C)(C)C)cc4)c4ccc(C(C)(C)C)cc4)c4c(c1)oc1ccccc14)c1ccc(C(C)(C)C)cc1B3c1oc3ccccc3c1O2. The van der Waals surface area contributed by atoms with Crippen LogP contribution in [0.25, 0.3) is 32.9 Å². The maximum absolute atomic E-state index is 6.96. The summed E-state index contributed by atoms with van der Waals surface area (Å²) in [6.07, 6.45) is 0. The number of hydrogen-bond donors (Lipinski definition) is 0. The van der Waals surface area contributed by atoms with Crippen LogP contribution >= 0.6 is 0 Å². The van der Waals surface area contributed by atoms with E-state index in [0.717, 1.165) is 95.2 Å². The zero-order valence-corrected chi connectivity index (χ0v) is 38.0. The molecule has 0 spiro atoms. The first kappa shape index (κ1) is 39.2. The molecule has 11 rings (SSSR count). The van der Waals surface area contributed by atoms with Crippen LogP contribution in [0, 0.1) is 6.92 Å². The van der Waals surface area contributed by atoms with Crippen molar-refractivity contribution in [3.8, 4) is 11.5 Å². The molecule has 9 aromatic rings. The first-order chi connectivity index (χ1) is 30.0. The lowest BCUT2D eigenvalue weighted by Crippen LogP contribution is -2.59. The summed E-state index contributed by atoms with van der Waals surface area (Å²) in [5, 5.41) is 3.13. The molecule has 4 heterocycles. The van der Waals surface area contributed by atoms with Crippen molar-refractivity contribution in [2.75, 3.05) is 9.80 Å². The van der Waals surface area contributed by atoms with Crippen LogP contribution in [0.15, 0.2) is 148 Å². The van der Waals surface area contributed by atoms with Crippen molar-refractivity contribution in [2.24, 2.45) is 0 Å². The summed E-state index contributed by atoms with van der Waals surface area (Å²) >= 11 is 0. The van der Waals surface area contributed by atoms with Crippen LogP contribution in [0.2, 0.25) is 0 Å². The first-order valence-corrected chi connectivity index (χ1v) is 22.3. The van der Waals surface area contributed by atoms with Gasteiger partial charge in [-0.15, -0.1) is 0 Å². The molecule has 5 nitrogen and oxygen atoms in total. The highest BCUT2D eigenvalue weighted by atomic mass is 16.5. The summed E-state index contributed by atoms with van der Waals surface area (Å²) in [6, 6.07) is 50.9. The molecule has 2 aliphatic heterocycles. The highest BCUT2D eigenvalue weighted by Crippen LogP contribution is 2.50. The summed E-state index contributed by atoms with van der Waals surface area (Å²) in [7, 11) is 0. The molecule has 6 heteroatoms. The number of benzene rings is 7. The van der Waals surface area contributed by atoms with Crippen LogP contribution < -0.4 is 31.1 Å². The molecule has 0 fully saturated rings. The molecule has 7 aromatic carbocycles. The van der Waals surface area contributed by atoms with Crippen molar-refractivity contribution in [1.82, 2.24) is 0 Å². The topological polar surface area (TPSA) is 42.0 Å². The van der Waals surface area contributed by atoms with Gasteiger partial charge in [-0.1, -0.05) is 129 Å². The van der Waals surface area contributed by atoms with Crippen molar-refractivity contribution in [2.45, 2.75) is 85.5 Å². The Morgan fingerprint density at radius 3 is 1.71 bits per heavy atom. The third kappa shape index (κ3) is 6.28. The van der Waals surface area contributed by atoms with Gasteiger partial charge in [0, 0.05) is 39.7 Å². The van der Waals surface area contributed by atoms with Gasteiger partial charge < -0.3 is 23.4 Å². The average Bonchev–Trinajstić information content (AvgIpc) is 3.81. The van der Waals surface area contributed by atoms with E-state index < -0.39 is 0 Å². The number of anilines is 6. The Kier molecular flexibility index (Phi) is 8.51. The molecule has 2 aromatic heterocycles. The van der Waals surface area contributed by atoms with E-state index in [9.17, 15) is 0 Å². The maximum atomic E-state index is 6.96. The normalized spacial score (nSPS) is 13.6. The number of furan rings is 2. The summed E-state index contributed by atoms with van der Waals surface area (Å²) in [4.78, 5) is 4.85. The Morgan fingerprint density at radius 1 is 0.524 bits per heavy atom. The molecule has 0 amide bonds. The predicted molar refractivity (Wildman–Crippen MR) is 265 cm³/mol. The second-order valence-electron chi connectivity index (χ2n) is 20.7. The van der Waals surface area contributed by atoms with Crippen molar-refractivity contribution in [1.29, 1.82) is 0 Å². The highest BCUT2D eigenvalue weighted by Gasteiger charge is 2.46. The number of hydrogen-bond acceptors (Lipinski definition) is 5. The number of aryl methyl sites for hydroxylation is 1. The van der Waals surface area contributed by atoms with E-state index in [0.29, 0.717) is 0 Å². The molecule has 0 unspecified atom stereocenters. The Bertz CT molecular complexity index is 3220. The third-order valence-electron chi connectivity index (χ3n) is 13.2. The van der Waals surface area contributed by atoms with Crippen molar-refractivity contribution in [3.63, 3.8) is 0 Å². The highest BCUT2D eigenvalue weighted by molar-refractivity contribution is 6.98. The van der Waals surface area contributed by atoms with Gasteiger partial charge in [0.2, 0.25) is 0 Å². The quantitative estimate of drug-likeness (QED) is 0.165. The molecule has 0 N–H and O–H groups in total. The minimum atomic E-state index is -0.172. The van der Waals surface area contributed by atoms with Gasteiger partial charge >= 0.3 is 6.71 Å². The molecular formula is C57H53BN2O3. The fourth-order valence-corrected chi connectivity index (χ4v) is 9.82. The summed E-state index contributed by atoms with van der Waals surface area (Å²) < 4.78 is 20.7. The zero-order valence-electron chi connectivity index (χ0n) is 38.0. The number of fused-ring (bicyclic) bond motifs is 9. The van der Waals surface area contributed by atoms with E-state index in [1.165, 1.54) is 22.2 Å². The second-order valence-corrected chi connectivity index (χ2v) is 20.7. The summed E-state index contributed by atoms with van der Waals surface area (Å²) in [6.45, 7) is 22.5. The Balaban J connectivity index is 1.21. The maximum Gasteiger partial charge on any atom is 0.301 e. The van der Waals surface area contributed by atoms with Gasteiger partial charge in [-0.25, -0.2) is 0 Å². The smallest absolute Gasteiger partial charge is 0.301 e. The van der Waals surface area contributed by atoms with E-state index in [2.05, 4.69) is 206 Å². The number of ether oxygens (including phenoxy) is 1. The van der Waals surface area contributed by atoms with Gasteiger partial charge in [-0.05, 0) is 118 Å². The van der Waals surface area contributed by atoms with Gasteiger partial charge in [0.15, 0.2) is 5.75 Å². The minimum absolute atomic E-state index is 0.0117. The Hall–Kier alpha value is -6.66. The number of para-hydroxylation sites is 2. The molecule has 312 valence electrons. The van der Waals surface area contributed by atoms with Gasteiger partial charge in [0.1, 0.15) is 28.2 Å². The van der Waals surface area contributed by atoms with Crippen LogP contribution in [-0.4, -0.2) is 6.71 Å². The monoisotopic (exact) mass is 824 g/mol. The molecule has 2 aliphatic rings. The fraction of sp³-hybridized carbons (Fsp3) is 0.228. The molecule has 0 radical (unpaired) electrons. The lowest BCUT2D eigenvalue weighted by molar-refractivity contribution is 0.482. The van der Waals surface area contributed by atoms with Crippen LogP contribution in [-0.2, 0) is 16.2 Å². The van der Waals surface area contributed by atoms with Crippen molar-refractivity contribution < 1.29 is 13.6 Å². The van der Waals surface area contributed by atoms with Gasteiger partial charge in [0.05, 0.1) is 22.1 Å². The van der Waals surface area contributed by atoms with Crippen LogP contribution in [0.3, 0.4) is 0 Å². The Labute approximate surface area is 371 Å². The van der Waals surface area contributed by atoms with Gasteiger partial charge in [0.25, 0.3) is 0 Å². The third-order valence-corrected chi connectivity index (χ3v) is 13.2. The average molecular weight is 825 g/mol. The predicted octanol–water partition coefficient (Wildman–Crippen LogP) is 14.4. The Morgan fingerprint density at radius 2 is 1.10 bits per heavy atom. The lowest BCUT2D eigenvalue weighted by atomic mass is 9.36. The minimum Gasteiger partial charge on any atom is -0.466 e. The van der Waals surface area contributed by atoms with E-state index in [1.807, 2.05) is 12.1 Å². The van der Waals surface area contributed by atoms with Crippen LogP contribution in [0.1, 0.15) is 84.6 Å². The molecule has 0 saturated carbocycles. The van der Waals surface area contributed by atoms with Gasteiger partial charge in [-0.3, -0.25) is 0 Å². The fourth-order valence-electron chi connectivity index (χ4n) is 9.82. The van der Waals surface area contributed by atoms with E-state index in [1.54, 1.807) is 0 Å². The largest absolute Gasteiger partial charge is 0.466 e. The molecular weight excluding hydrogens is 771 g/mol. The van der Waals surface area contributed by atoms with E-state index in [-0.39, 0.29) is 23.0 Å². The standard InChI is InChI=1S/C57H53BN2O3/c1-34-29-46-52-50(30-34)62-53-42-16-12-14-18-48(42)63-54(53)58(52)43-31-37(57(8,9)10)23-28-44(43)60(46)40-32-45(51-41-15-11-13-17-47(41)61-49(51)33-40)59(38-24-19-35(20-25-38)55(2,3)4)39-26-21-36(22-27-39)56(5,6)7/h11-33H,1-10H3. The van der Waals surface area contributed by atoms with Gasteiger partial charge in [-0.2, -0.15) is 0 Å². The van der Waals surface area contributed by atoms with Crippen LogP contribution in [0.5, 0.6) is 11.5 Å². The molecule has 0 aliphatic carbocycles. The molecule has 0 bridgehead atoms. The molecule has 0 atom stereocenters. The summed E-state index contributed by atoms with van der Waals surface area (Å²) in [5.74, 6) is 1.66. The second kappa shape index (κ2) is 13.7. The van der Waals surface area contributed by atoms with Crippen LogP contribution in [0.4, 0.5) is 34.1 Å². The summed E-state index contributed by atoms with van der Waals surface area (Å²) in [5.41, 5.74) is 16.9. The lowest BCUT2D eigenvalue weighted by Gasteiger charge is -2.40.